The number of halogens is 1. The summed E-state index contributed by atoms with van der Waals surface area (Å²) in [7, 11) is 0. The van der Waals surface area contributed by atoms with Crippen LogP contribution in [-0.2, 0) is 4.79 Å². The molecule has 1 fully saturated rings. The lowest BCUT2D eigenvalue weighted by atomic mass is 10.2. The number of amides is 1. The number of nitro groups is 2. The Labute approximate surface area is 169 Å². The zero-order valence-corrected chi connectivity index (χ0v) is 15.7. The van der Waals surface area contributed by atoms with Crippen LogP contribution in [0, 0.1) is 20.2 Å². The van der Waals surface area contributed by atoms with E-state index in [4.69, 9.17) is 0 Å². The van der Waals surface area contributed by atoms with Gasteiger partial charge in [0.2, 0.25) is 12.3 Å². The average Bonchev–Trinajstić information content (AvgIpc) is 2.96. The largest absolute Gasteiger partial charge is 1.00 e. The highest BCUT2D eigenvalue weighted by Gasteiger charge is 2.39. The van der Waals surface area contributed by atoms with Gasteiger partial charge in [-0.1, -0.05) is 0 Å². The normalized spacial score (nSPS) is 18.3. The number of rotatable bonds is 4. The number of anilines is 1. The van der Waals surface area contributed by atoms with E-state index < -0.39 is 39.7 Å². The Morgan fingerprint density at radius 1 is 1.14 bits per heavy atom. The minimum absolute atomic E-state index is 0. The number of β-amino-alcohol motifs (C(OH)–C–C–N with tert-alkyl or cyclic N) is 1. The van der Waals surface area contributed by atoms with E-state index in [1.54, 1.807) is 0 Å². The summed E-state index contributed by atoms with van der Waals surface area (Å²) in [6.45, 7) is 1.20. The highest BCUT2D eigenvalue weighted by atomic mass is 35.5. The molecule has 1 aromatic heterocycles. The van der Waals surface area contributed by atoms with Crippen molar-refractivity contribution in [3.63, 3.8) is 0 Å². The topological polar surface area (TPSA) is 154 Å². The molecule has 0 radical (unpaired) electrons. The fraction of sp³-hybridized carbons (Fsp3) is 0.250. The van der Waals surface area contributed by atoms with E-state index in [9.17, 15) is 35.2 Å². The van der Waals surface area contributed by atoms with Gasteiger partial charge in [-0.3, -0.25) is 29.9 Å². The Kier molecular flexibility index (Phi) is 6.31. The van der Waals surface area contributed by atoms with Crippen molar-refractivity contribution in [2.24, 2.45) is 0 Å². The molecule has 2 unspecified atom stereocenters. The van der Waals surface area contributed by atoms with Crippen LogP contribution >= 0.6 is 0 Å². The van der Waals surface area contributed by atoms with Crippen LogP contribution in [0.5, 0.6) is 0 Å². The van der Waals surface area contributed by atoms with E-state index >= 15 is 0 Å². The molecule has 1 aliphatic rings. The van der Waals surface area contributed by atoms with Gasteiger partial charge in [0.25, 0.3) is 11.4 Å². The standard InChI is InChI=1S/C16H16N5O7.ClH/c1-10(22)18-9-15(23)19(16(18)24)11-4-6-17(7-5-11)13-3-2-12(20(25)26)8-14(13)21(27)28;/h2-8,15-16,23-24H,9H2,1H3;1H/q+1;/p-1. The van der Waals surface area contributed by atoms with E-state index in [-0.39, 0.29) is 24.6 Å². The molecule has 12 nitrogen and oxygen atoms in total. The van der Waals surface area contributed by atoms with Gasteiger partial charge in [0.05, 0.1) is 22.1 Å². The van der Waals surface area contributed by atoms with Gasteiger partial charge in [-0.05, 0) is 0 Å². The summed E-state index contributed by atoms with van der Waals surface area (Å²) in [5, 5.41) is 42.5. The minimum Gasteiger partial charge on any atom is -1.00 e. The van der Waals surface area contributed by atoms with Crippen molar-refractivity contribution in [2.45, 2.75) is 19.5 Å². The van der Waals surface area contributed by atoms with Crippen LogP contribution in [0.4, 0.5) is 17.1 Å². The van der Waals surface area contributed by atoms with Crippen molar-refractivity contribution < 1.29 is 41.8 Å². The number of carbonyl (C=O) groups excluding carboxylic acids is 1. The first-order chi connectivity index (χ1) is 13.2. The van der Waals surface area contributed by atoms with E-state index in [2.05, 4.69) is 0 Å². The van der Waals surface area contributed by atoms with Crippen molar-refractivity contribution in [1.29, 1.82) is 0 Å². The molecule has 0 saturated carbocycles. The summed E-state index contributed by atoms with van der Waals surface area (Å²) in [4.78, 5) is 34.5. The maximum atomic E-state index is 11.5. The number of hydrogen-bond donors (Lipinski definition) is 2. The van der Waals surface area contributed by atoms with Crippen LogP contribution in [0.1, 0.15) is 6.92 Å². The summed E-state index contributed by atoms with van der Waals surface area (Å²) < 4.78 is 1.38. The first-order valence-electron chi connectivity index (χ1n) is 8.07. The maximum Gasteiger partial charge on any atom is 0.347 e. The third-order valence-corrected chi connectivity index (χ3v) is 4.37. The van der Waals surface area contributed by atoms with E-state index in [1.165, 1.54) is 47.0 Å². The maximum absolute atomic E-state index is 11.5. The SMILES string of the molecule is CC(=O)N1CC(O)N(c2cc[n+](-c3ccc([N+](=O)[O-])cc3[N+](=O)[O-])cc2)C1O.[Cl-]. The lowest BCUT2D eigenvalue weighted by Crippen LogP contribution is -3.00. The molecule has 2 aromatic rings. The van der Waals surface area contributed by atoms with Gasteiger partial charge in [-0.15, -0.1) is 0 Å². The highest BCUT2D eigenvalue weighted by molar-refractivity contribution is 5.74. The number of hydrogen-bond acceptors (Lipinski definition) is 8. The molecule has 3 rings (SSSR count). The summed E-state index contributed by atoms with van der Waals surface area (Å²) in [5.41, 5.74) is -0.365. The summed E-state index contributed by atoms with van der Waals surface area (Å²) >= 11 is 0. The second-order valence-electron chi connectivity index (χ2n) is 6.06. The van der Waals surface area contributed by atoms with Gasteiger partial charge in [-0.25, -0.2) is 0 Å². The molecule has 1 amide bonds. The fourth-order valence-electron chi connectivity index (χ4n) is 3.00. The van der Waals surface area contributed by atoms with Gasteiger partial charge in [0, 0.05) is 31.2 Å². The molecule has 29 heavy (non-hydrogen) atoms. The van der Waals surface area contributed by atoms with Crippen molar-refractivity contribution in [3.8, 4) is 5.69 Å². The van der Waals surface area contributed by atoms with E-state index in [0.29, 0.717) is 5.69 Å². The van der Waals surface area contributed by atoms with Crippen LogP contribution < -0.4 is 21.9 Å². The molecule has 1 aliphatic heterocycles. The Morgan fingerprint density at radius 3 is 2.24 bits per heavy atom. The molecule has 2 N–H and O–H groups in total. The monoisotopic (exact) mass is 425 g/mol. The zero-order chi connectivity index (χ0) is 20.6. The first-order valence-corrected chi connectivity index (χ1v) is 8.07. The van der Waals surface area contributed by atoms with Crippen LogP contribution in [0.15, 0.2) is 42.7 Å². The van der Waals surface area contributed by atoms with Crippen LogP contribution in [0.3, 0.4) is 0 Å². The number of aliphatic hydroxyl groups is 2. The highest BCUT2D eigenvalue weighted by Crippen LogP contribution is 2.27. The van der Waals surface area contributed by atoms with E-state index in [0.717, 1.165) is 17.0 Å². The third kappa shape index (κ3) is 4.08. The number of non-ortho nitro benzene ring substituents is 1. The van der Waals surface area contributed by atoms with Crippen molar-refractivity contribution >= 4 is 23.0 Å². The van der Waals surface area contributed by atoms with E-state index in [1.807, 2.05) is 0 Å². The number of carbonyl (C=O) groups is 1. The predicted octanol–water partition coefficient (Wildman–Crippen LogP) is -2.95. The number of aliphatic hydroxyl groups excluding tert-OH is 2. The summed E-state index contributed by atoms with van der Waals surface area (Å²) in [6, 6.07) is 6.26. The first kappa shape index (κ1) is 21.9. The van der Waals surface area contributed by atoms with Crippen LogP contribution in [0.2, 0.25) is 0 Å². The Hall–Kier alpha value is -3.35. The quantitative estimate of drug-likeness (QED) is 0.299. The van der Waals surface area contributed by atoms with Gasteiger partial charge in [-0.2, -0.15) is 4.57 Å². The lowest BCUT2D eigenvalue weighted by Gasteiger charge is -2.26. The second-order valence-corrected chi connectivity index (χ2v) is 6.06. The minimum atomic E-state index is -1.35. The van der Waals surface area contributed by atoms with Gasteiger partial charge in [0.1, 0.15) is 12.3 Å². The molecule has 154 valence electrons. The Morgan fingerprint density at radius 2 is 1.76 bits per heavy atom. The van der Waals surface area contributed by atoms with Crippen LogP contribution in [0.25, 0.3) is 5.69 Å². The number of nitro benzene ring substituents is 2. The molecule has 1 saturated heterocycles. The van der Waals surface area contributed by atoms with Crippen molar-refractivity contribution in [3.05, 3.63) is 63.0 Å². The number of pyridine rings is 1. The summed E-state index contributed by atoms with van der Waals surface area (Å²) in [5.74, 6) is -0.401. The molecule has 0 bridgehead atoms. The third-order valence-electron chi connectivity index (χ3n) is 4.37. The molecule has 2 heterocycles. The molecule has 2 atom stereocenters. The number of nitrogens with zero attached hydrogens (tertiary/aromatic N) is 5. The molecule has 13 heteroatoms. The smallest absolute Gasteiger partial charge is 0.347 e. The number of aromatic nitrogens is 1. The number of benzene rings is 1. The van der Waals surface area contributed by atoms with Gasteiger partial charge >= 0.3 is 5.69 Å². The van der Waals surface area contributed by atoms with Crippen LogP contribution in [-0.4, -0.2) is 50.0 Å². The lowest BCUT2D eigenvalue weighted by molar-refractivity contribution is -0.600. The average molecular weight is 426 g/mol. The van der Waals surface area contributed by atoms with Crippen molar-refractivity contribution in [2.75, 3.05) is 11.4 Å². The van der Waals surface area contributed by atoms with Gasteiger partial charge in [0.15, 0.2) is 12.4 Å². The Balaban J connectivity index is 0.00000300. The molecule has 1 aromatic carbocycles. The molecule has 0 spiro atoms. The van der Waals surface area contributed by atoms with Gasteiger partial charge < -0.3 is 27.5 Å². The Bertz CT molecular complexity index is 955. The summed E-state index contributed by atoms with van der Waals surface area (Å²) in [6.07, 6.45) is 0.416. The zero-order valence-electron chi connectivity index (χ0n) is 15.0. The molecular weight excluding hydrogens is 410 g/mol. The fourth-order valence-corrected chi connectivity index (χ4v) is 3.00. The predicted molar refractivity (Wildman–Crippen MR) is 93.2 cm³/mol. The second kappa shape index (κ2) is 8.34. The molecule has 0 aliphatic carbocycles. The molecular formula is C16H16ClN5O7. The van der Waals surface area contributed by atoms with Crippen molar-refractivity contribution in [1.82, 2.24) is 4.90 Å².